The summed E-state index contributed by atoms with van der Waals surface area (Å²) in [4.78, 5) is 26.0. The van der Waals surface area contributed by atoms with E-state index in [0.717, 1.165) is 15.4 Å². The van der Waals surface area contributed by atoms with Gasteiger partial charge in [-0.05, 0) is 66.1 Å². The molecule has 1 amide bonds. The number of ether oxygens (including phenoxy) is 3. The second kappa shape index (κ2) is 11.3. The maximum absolute atomic E-state index is 13.7. The van der Waals surface area contributed by atoms with E-state index in [9.17, 15) is 23.3 Å². The van der Waals surface area contributed by atoms with Gasteiger partial charge in [-0.1, -0.05) is 0 Å². The van der Waals surface area contributed by atoms with Crippen LogP contribution in [0.3, 0.4) is 0 Å². The number of carbonyl (C=O) groups is 1. The van der Waals surface area contributed by atoms with Crippen LogP contribution >= 0.6 is 0 Å². The second-order valence-electron chi connectivity index (χ2n) is 9.04. The quantitative estimate of drug-likeness (QED) is 0.289. The summed E-state index contributed by atoms with van der Waals surface area (Å²) in [5.74, 6) is 1.20. The number of amides is 1. The maximum Gasteiger partial charge on any atom is 0.269 e. The Morgan fingerprint density at radius 3 is 2.21 bits per heavy atom. The molecule has 0 N–H and O–H groups in total. The van der Waals surface area contributed by atoms with Crippen molar-refractivity contribution in [1.29, 1.82) is 0 Å². The van der Waals surface area contributed by atoms with Gasteiger partial charge >= 0.3 is 0 Å². The van der Waals surface area contributed by atoms with Crippen molar-refractivity contribution < 1.29 is 32.3 Å². The second-order valence-corrected chi connectivity index (χ2v) is 11.2. The Kier molecular flexibility index (Phi) is 8.07. The van der Waals surface area contributed by atoms with Crippen molar-refractivity contribution in [3.05, 3.63) is 87.5 Å². The zero-order valence-electron chi connectivity index (χ0n) is 22.0. The van der Waals surface area contributed by atoms with E-state index in [1.807, 2.05) is 12.1 Å². The van der Waals surface area contributed by atoms with E-state index < -0.39 is 21.0 Å². The van der Waals surface area contributed by atoms with Crippen LogP contribution in [0.1, 0.15) is 27.5 Å². The minimum Gasteiger partial charge on any atom is -0.493 e. The molecule has 0 spiro atoms. The lowest BCUT2D eigenvalue weighted by Crippen LogP contribution is -2.42. The smallest absolute Gasteiger partial charge is 0.269 e. The molecule has 1 atom stereocenters. The molecule has 0 bridgehead atoms. The number of methoxy groups -OCH3 is 2. The van der Waals surface area contributed by atoms with E-state index in [4.69, 9.17) is 14.2 Å². The van der Waals surface area contributed by atoms with Crippen LogP contribution in [0.15, 0.2) is 65.6 Å². The average Bonchev–Trinajstić information content (AvgIpc) is 2.94. The SMILES string of the molecule is COc1cc2c(cc1OC)[C@H](COc1ccc([N+](=O)[O-])cc1)N(C(=O)c1ccc(S(=O)(=O)N(C)C)cc1)CC2. The number of carbonyl (C=O) groups excluding carboxylic acids is 1. The first kappa shape index (κ1) is 27.9. The van der Waals surface area contributed by atoms with Gasteiger partial charge in [0.1, 0.15) is 12.4 Å². The molecule has 0 saturated carbocycles. The van der Waals surface area contributed by atoms with E-state index in [0.29, 0.717) is 35.8 Å². The zero-order chi connectivity index (χ0) is 28.3. The largest absolute Gasteiger partial charge is 0.493 e. The summed E-state index contributed by atoms with van der Waals surface area (Å²) in [6.07, 6.45) is 0.558. The lowest BCUT2D eigenvalue weighted by Gasteiger charge is -2.37. The van der Waals surface area contributed by atoms with Crippen LogP contribution in [0.2, 0.25) is 0 Å². The number of nitro groups is 1. The van der Waals surface area contributed by atoms with Gasteiger partial charge in [0.05, 0.1) is 30.1 Å². The minimum absolute atomic E-state index is 0.0567. The molecular formula is C27H29N3O8S. The van der Waals surface area contributed by atoms with Crippen molar-refractivity contribution in [1.82, 2.24) is 9.21 Å². The number of hydrogen-bond acceptors (Lipinski definition) is 8. The van der Waals surface area contributed by atoms with Crippen LogP contribution in [-0.4, -0.2) is 69.9 Å². The van der Waals surface area contributed by atoms with E-state index >= 15 is 0 Å². The van der Waals surface area contributed by atoms with Crippen molar-refractivity contribution in [2.45, 2.75) is 17.4 Å². The topological polar surface area (TPSA) is 129 Å². The molecule has 12 heteroatoms. The van der Waals surface area contributed by atoms with Crippen molar-refractivity contribution >= 4 is 21.6 Å². The summed E-state index contributed by atoms with van der Waals surface area (Å²) in [7, 11) is 2.33. The average molecular weight is 556 g/mol. The molecule has 0 aromatic heterocycles. The molecular weight excluding hydrogens is 526 g/mol. The lowest BCUT2D eigenvalue weighted by atomic mass is 9.91. The van der Waals surface area contributed by atoms with E-state index in [1.165, 1.54) is 69.7 Å². The van der Waals surface area contributed by atoms with Gasteiger partial charge in [0, 0.05) is 38.3 Å². The van der Waals surface area contributed by atoms with Crippen molar-refractivity contribution in [3.63, 3.8) is 0 Å². The highest BCUT2D eigenvalue weighted by Crippen LogP contribution is 2.39. The fraction of sp³-hybridized carbons (Fsp3) is 0.296. The van der Waals surface area contributed by atoms with Gasteiger partial charge in [0.25, 0.3) is 11.6 Å². The Morgan fingerprint density at radius 1 is 1.03 bits per heavy atom. The molecule has 1 heterocycles. The molecule has 3 aromatic carbocycles. The molecule has 1 aliphatic rings. The summed E-state index contributed by atoms with van der Waals surface area (Å²) >= 11 is 0. The van der Waals surface area contributed by atoms with Gasteiger partial charge in [0.2, 0.25) is 10.0 Å². The molecule has 1 aliphatic heterocycles. The van der Waals surface area contributed by atoms with Crippen LogP contribution in [0.4, 0.5) is 5.69 Å². The third-order valence-electron chi connectivity index (χ3n) is 6.60. The Morgan fingerprint density at radius 2 is 1.64 bits per heavy atom. The number of non-ortho nitro benzene ring substituents is 1. The lowest BCUT2D eigenvalue weighted by molar-refractivity contribution is -0.384. The highest BCUT2D eigenvalue weighted by atomic mass is 32.2. The van der Waals surface area contributed by atoms with Crippen LogP contribution < -0.4 is 14.2 Å². The summed E-state index contributed by atoms with van der Waals surface area (Å²) < 4.78 is 43.0. The Labute approximate surface area is 226 Å². The number of hydrogen-bond donors (Lipinski definition) is 0. The molecule has 3 aromatic rings. The van der Waals surface area contributed by atoms with E-state index in [1.54, 1.807) is 12.0 Å². The Hall–Kier alpha value is -4.16. The fourth-order valence-electron chi connectivity index (χ4n) is 4.44. The number of benzene rings is 3. The number of sulfonamides is 1. The van der Waals surface area contributed by atoms with Gasteiger partial charge in [0.15, 0.2) is 11.5 Å². The Bertz CT molecular complexity index is 1470. The first-order valence-electron chi connectivity index (χ1n) is 12.0. The fourth-order valence-corrected chi connectivity index (χ4v) is 5.34. The number of nitrogens with zero attached hydrogens (tertiary/aromatic N) is 3. The monoisotopic (exact) mass is 555 g/mol. The molecule has 0 aliphatic carbocycles. The van der Waals surface area contributed by atoms with Crippen LogP contribution in [0, 0.1) is 10.1 Å². The predicted octanol–water partition coefficient (Wildman–Crippen LogP) is 3.68. The molecule has 0 fully saturated rings. The highest BCUT2D eigenvalue weighted by molar-refractivity contribution is 7.89. The van der Waals surface area contributed by atoms with Gasteiger partial charge in [-0.25, -0.2) is 12.7 Å². The van der Waals surface area contributed by atoms with Crippen molar-refractivity contribution in [3.8, 4) is 17.2 Å². The third-order valence-corrected chi connectivity index (χ3v) is 8.43. The summed E-state index contributed by atoms with van der Waals surface area (Å²) in [6, 6.07) is 14.7. The van der Waals surface area contributed by atoms with E-state index in [2.05, 4.69) is 0 Å². The molecule has 4 rings (SSSR count). The van der Waals surface area contributed by atoms with Gasteiger partial charge in [-0.3, -0.25) is 14.9 Å². The van der Waals surface area contributed by atoms with Crippen LogP contribution in [0.25, 0.3) is 0 Å². The summed E-state index contributed by atoms with van der Waals surface area (Å²) in [5, 5.41) is 11.0. The molecule has 11 nitrogen and oxygen atoms in total. The number of fused-ring (bicyclic) bond motifs is 1. The summed E-state index contributed by atoms with van der Waals surface area (Å²) in [6.45, 7) is 0.451. The first-order valence-corrected chi connectivity index (χ1v) is 13.5. The van der Waals surface area contributed by atoms with Crippen LogP contribution in [-0.2, 0) is 16.4 Å². The van der Waals surface area contributed by atoms with Gasteiger partial charge in [-0.15, -0.1) is 0 Å². The number of rotatable bonds is 9. The predicted molar refractivity (Wildman–Crippen MR) is 143 cm³/mol. The standard InChI is InChI=1S/C27H29N3O8S/c1-28(2)39(34,35)22-11-5-18(6-12-22)27(31)29-14-13-19-15-25(36-3)26(37-4)16-23(19)24(29)17-38-21-9-7-20(8-10-21)30(32)33/h5-12,15-16,24H,13-14,17H2,1-4H3/t24-/m0/s1. The zero-order valence-corrected chi connectivity index (χ0v) is 22.8. The molecule has 0 saturated heterocycles. The van der Waals surface area contributed by atoms with Gasteiger partial charge in [-0.2, -0.15) is 0 Å². The normalized spacial score (nSPS) is 15.0. The van der Waals surface area contributed by atoms with E-state index in [-0.39, 0.29) is 23.1 Å². The minimum atomic E-state index is -3.64. The molecule has 206 valence electrons. The van der Waals surface area contributed by atoms with Crippen molar-refractivity contribution in [2.24, 2.45) is 0 Å². The highest BCUT2D eigenvalue weighted by Gasteiger charge is 2.33. The maximum atomic E-state index is 13.7. The first-order chi connectivity index (χ1) is 18.6. The molecule has 0 unspecified atom stereocenters. The third kappa shape index (κ3) is 5.66. The molecule has 0 radical (unpaired) electrons. The Balaban J connectivity index is 1.67. The van der Waals surface area contributed by atoms with Crippen LogP contribution in [0.5, 0.6) is 17.2 Å². The van der Waals surface area contributed by atoms with Gasteiger partial charge < -0.3 is 19.1 Å². The summed E-state index contributed by atoms with van der Waals surface area (Å²) in [5.41, 5.74) is 2.07. The molecule has 39 heavy (non-hydrogen) atoms. The van der Waals surface area contributed by atoms with Crippen molar-refractivity contribution in [2.75, 3.05) is 41.5 Å². The number of nitro benzene ring substituents is 1.